The molecular formula is C55H98O6. The average molecular weight is 855 g/mol. The SMILES string of the molecule is CCCC/C=C\C/C=C\CCCCCCCC(=O)O[C@H](COC(=O)CCCCCCC/C=C\CCCCCC)COC(=O)CCCCCCC/C=C\CCCCCCCCC. The van der Waals surface area contributed by atoms with Crippen LogP contribution >= 0.6 is 0 Å². The van der Waals surface area contributed by atoms with Gasteiger partial charge in [0.05, 0.1) is 0 Å². The molecule has 0 heterocycles. The Bertz CT molecular complexity index is 1070. The van der Waals surface area contributed by atoms with Gasteiger partial charge in [-0.05, 0) is 96.3 Å². The summed E-state index contributed by atoms with van der Waals surface area (Å²) in [4.78, 5) is 38.0. The highest BCUT2D eigenvalue weighted by Gasteiger charge is 2.19. The van der Waals surface area contributed by atoms with E-state index >= 15 is 0 Å². The number of unbranched alkanes of at least 4 members (excludes halogenated alkanes) is 28. The van der Waals surface area contributed by atoms with Crippen LogP contribution < -0.4 is 0 Å². The van der Waals surface area contributed by atoms with E-state index < -0.39 is 6.10 Å². The summed E-state index contributed by atoms with van der Waals surface area (Å²) in [7, 11) is 0. The number of hydrogen-bond donors (Lipinski definition) is 0. The lowest BCUT2D eigenvalue weighted by Crippen LogP contribution is -2.30. The molecule has 1 atom stereocenters. The normalized spacial score (nSPS) is 12.4. The molecule has 0 rings (SSSR count). The summed E-state index contributed by atoms with van der Waals surface area (Å²) in [5, 5.41) is 0. The molecule has 0 aliphatic rings. The molecule has 0 bridgehead atoms. The molecule has 6 heteroatoms. The lowest BCUT2D eigenvalue weighted by Gasteiger charge is -2.18. The van der Waals surface area contributed by atoms with E-state index in [2.05, 4.69) is 69.4 Å². The van der Waals surface area contributed by atoms with E-state index in [1.807, 2.05) is 0 Å². The molecule has 0 saturated carbocycles. The van der Waals surface area contributed by atoms with Gasteiger partial charge in [-0.3, -0.25) is 14.4 Å². The minimum Gasteiger partial charge on any atom is -0.462 e. The third-order valence-corrected chi connectivity index (χ3v) is 11.3. The number of carbonyl (C=O) groups excluding carboxylic acids is 3. The van der Waals surface area contributed by atoms with Crippen molar-refractivity contribution in [2.45, 2.75) is 271 Å². The predicted octanol–water partition coefficient (Wildman–Crippen LogP) is 17.1. The summed E-state index contributed by atoms with van der Waals surface area (Å²) in [6, 6.07) is 0. The smallest absolute Gasteiger partial charge is 0.306 e. The molecule has 354 valence electrons. The van der Waals surface area contributed by atoms with Crippen molar-refractivity contribution in [3.05, 3.63) is 48.6 Å². The maximum atomic E-state index is 12.8. The monoisotopic (exact) mass is 855 g/mol. The molecule has 0 aromatic carbocycles. The molecule has 0 unspecified atom stereocenters. The lowest BCUT2D eigenvalue weighted by molar-refractivity contribution is -0.167. The largest absolute Gasteiger partial charge is 0.462 e. The van der Waals surface area contributed by atoms with Crippen molar-refractivity contribution >= 4 is 17.9 Å². The fraction of sp³-hybridized carbons (Fsp3) is 0.800. The molecule has 0 radical (unpaired) electrons. The van der Waals surface area contributed by atoms with Gasteiger partial charge in [0, 0.05) is 19.3 Å². The quantitative estimate of drug-likeness (QED) is 0.0263. The van der Waals surface area contributed by atoms with Crippen molar-refractivity contribution in [2.75, 3.05) is 13.2 Å². The van der Waals surface area contributed by atoms with Crippen LogP contribution in [0.2, 0.25) is 0 Å². The van der Waals surface area contributed by atoms with Crippen molar-refractivity contribution in [1.29, 1.82) is 0 Å². The molecule has 0 amide bonds. The van der Waals surface area contributed by atoms with Crippen LogP contribution in [0, 0.1) is 0 Å². The first-order valence-electron chi connectivity index (χ1n) is 26.1. The van der Waals surface area contributed by atoms with Crippen molar-refractivity contribution in [3.63, 3.8) is 0 Å². The Hall–Kier alpha value is -2.63. The van der Waals surface area contributed by atoms with Crippen molar-refractivity contribution in [3.8, 4) is 0 Å². The molecule has 0 aromatic rings. The Morgan fingerprint density at radius 1 is 0.328 bits per heavy atom. The Morgan fingerprint density at radius 3 is 0.984 bits per heavy atom. The van der Waals surface area contributed by atoms with Crippen LogP contribution in [0.5, 0.6) is 0 Å². The zero-order valence-electron chi connectivity index (χ0n) is 40.4. The topological polar surface area (TPSA) is 78.9 Å². The maximum absolute atomic E-state index is 12.8. The van der Waals surface area contributed by atoms with Gasteiger partial charge < -0.3 is 14.2 Å². The Labute approximate surface area is 378 Å². The number of ether oxygens (including phenoxy) is 3. The fourth-order valence-electron chi connectivity index (χ4n) is 7.27. The van der Waals surface area contributed by atoms with E-state index in [-0.39, 0.29) is 31.1 Å². The molecule has 0 N–H and O–H groups in total. The van der Waals surface area contributed by atoms with Crippen molar-refractivity contribution in [2.24, 2.45) is 0 Å². The van der Waals surface area contributed by atoms with Crippen molar-refractivity contribution in [1.82, 2.24) is 0 Å². The van der Waals surface area contributed by atoms with Crippen LogP contribution in [0.1, 0.15) is 265 Å². The molecule has 0 aromatic heterocycles. The summed E-state index contributed by atoms with van der Waals surface area (Å²) in [6.07, 6.45) is 59.4. The van der Waals surface area contributed by atoms with Crippen LogP contribution in [-0.2, 0) is 28.6 Å². The van der Waals surface area contributed by atoms with E-state index in [0.29, 0.717) is 19.3 Å². The van der Waals surface area contributed by atoms with Gasteiger partial charge >= 0.3 is 17.9 Å². The van der Waals surface area contributed by atoms with Gasteiger partial charge in [0.1, 0.15) is 13.2 Å². The summed E-state index contributed by atoms with van der Waals surface area (Å²) in [5.74, 6) is -0.909. The van der Waals surface area contributed by atoms with E-state index in [4.69, 9.17) is 14.2 Å². The van der Waals surface area contributed by atoms with Gasteiger partial charge in [-0.25, -0.2) is 0 Å². The first-order chi connectivity index (χ1) is 30.0. The zero-order valence-corrected chi connectivity index (χ0v) is 40.4. The summed E-state index contributed by atoms with van der Waals surface area (Å²) in [6.45, 7) is 6.56. The van der Waals surface area contributed by atoms with Crippen LogP contribution in [0.15, 0.2) is 48.6 Å². The van der Waals surface area contributed by atoms with Crippen LogP contribution in [0.25, 0.3) is 0 Å². The number of hydrogen-bond acceptors (Lipinski definition) is 6. The minimum atomic E-state index is -0.785. The molecule has 0 aliphatic heterocycles. The first-order valence-corrected chi connectivity index (χ1v) is 26.1. The molecule has 6 nitrogen and oxygen atoms in total. The fourth-order valence-corrected chi connectivity index (χ4v) is 7.27. The van der Waals surface area contributed by atoms with Crippen LogP contribution in [-0.4, -0.2) is 37.2 Å². The zero-order chi connectivity index (χ0) is 44.4. The van der Waals surface area contributed by atoms with Crippen molar-refractivity contribution < 1.29 is 28.6 Å². The van der Waals surface area contributed by atoms with Gasteiger partial charge in [-0.2, -0.15) is 0 Å². The van der Waals surface area contributed by atoms with E-state index in [0.717, 1.165) is 96.3 Å². The Balaban J connectivity index is 4.40. The standard InChI is InChI=1S/C55H98O6/c1-4-7-10-13-16-19-22-25-27-28-31-33-36-39-42-45-48-54(57)60-51-52(50-59-53(56)47-44-41-38-35-32-29-24-21-18-15-12-9-6-3)61-55(58)49-46-43-40-37-34-30-26-23-20-17-14-11-8-5-2/h14,17,21,23-24,26-28,52H,4-13,15-16,18-20,22,25,29-51H2,1-3H3/b17-14-,24-21-,26-23-,28-27-/t52-/m1/s1. The molecule has 0 fully saturated rings. The van der Waals surface area contributed by atoms with E-state index in [1.165, 1.54) is 128 Å². The summed E-state index contributed by atoms with van der Waals surface area (Å²) in [5.41, 5.74) is 0. The number of rotatable bonds is 47. The second-order valence-corrected chi connectivity index (χ2v) is 17.4. The molecule has 0 spiro atoms. The van der Waals surface area contributed by atoms with Gasteiger partial charge in [0.25, 0.3) is 0 Å². The highest BCUT2D eigenvalue weighted by molar-refractivity contribution is 5.71. The third-order valence-electron chi connectivity index (χ3n) is 11.3. The molecule has 0 saturated heterocycles. The second-order valence-electron chi connectivity index (χ2n) is 17.4. The lowest BCUT2D eigenvalue weighted by atomic mass is 10.1. The van der Waals surface area contributed by atoms with E-state index in [9.17, 15) is 14.4 Å². The molecular weight excluding hydrogens is 757 g/mol. The molecule has 0 aliphatic carbocycles. The Morgan fingerprint density at radius 2 is 0.607 bits per heavy atom. The highest BCUT2D eigenvalue weighted by Crippen LogP contribution is 2.14. The molecule has 61 heavy (non-hydrogen) atoms. The summed E-state index contributed by atoms with van der Waals surface area (Å²) < 4.78 is 16.8. The van der Waals surface area contributed by atoms with Gasteiger partial charge in [-0.1, -0.05) is 198 Å². The Kier molecular flexibility index (Phi) is 47.9. The van der Waals surface area contributed by atoms with Gasteiger partial charge in [-0.15, -0.1) is 0 Å². The first kappa shape index (κ1) is 58.4. The van der Waals surface area contributed by atoms with Crippen LogP contribution in [0.3, 0.4) is 0 Å². The number of esters is 3. The van der Waals surface area contributed by atoms with E-state index in [1.54, 1.807) is 0 Å². The third kappa shape index (κ3) is 48.3. The average Bonchev–Trinajstić information content (AvgIpc) is 3.26. The summed E-state index contributed by atoms with van der Waals surface area (Å²) >= 11 is 0. The maximum Gasteiger partial charge on any atom is 0.306 e. The minimum absolute atomic E-state index is 0.0850. The highest BCUT2D eigenvalue weighted by atomic mass is 16.6. The van der Waals surface area contributed by atoms with Gasteiger partial charge in [0.15, 0.2) is 6.10 Å². The predicted molar refractivity (Wildman–Crippen MR) is 261 cm³/mol. The van der Waals surface area contributed by atoms with Gasteiger partial charge in [0.2, 0.25) is 0 Å². The second kappa shape index (κ2) is 50.0. The van der Waals surface area contributed by atoms with Crippen LogP contribution in [0.4, 0.5) is 0 Å². The number of carbonyl (C=O) groups is 3. The number of allylic oxidation sites excluding steroid dienone is 8.